The number of hydrogen-bond donors (Lipinski definition) is 2. The molecule has 126 valence electrons. The van der Waals surface area contributed by atoms with Gasteiger partial charge < -0.3 is 20.1 Å². The minimum Gasteiger partial charge on any atom is -0.493 e. The van der Waals surface area contributed by atoms with Crippen molar-refractivity contribution in [2.75, 3.05) is 40.1 Å². The Balaban J connectivity index is 0.00000441. The second kappa shape index (κ2) is 12.4. The van der Waals surface area contributed by atoms with Gasteiger partial charge in [0.1, 0.15) is 0 Å². The Kier molecular flexibility index (Phi) is 11.8. The SMILES string of the molecule is CNCCCNC(=O)CCSc1ccc(OC)c(OC)c1.Cl. The van der Waals surface area contributed by atoms with Gasteiger partial charge in [-0.05, 0) is 38.2 Å². The summed E-state index contributed by atoms with van der Waals surface area (Å²) in [6.45, 7) is 1.64. The molecular weight excluding hydrogens is 324 g/mol. The fourth-order valence-corrected chi connectivity index (χ4v) is 2.63. The Morgan fingerprint density at radius 1 is 1.18 bits per heavy atom. The first-order valence-electron chi connectivity index (χ1n) is 6.97. The highest BCUT2D eigenvalue weighted by Gasteiger charge is 2.06. The minimum atomic E-state index is 0. The van der Waals surface area contributed by atoms with E-state index in [9.17, 15) is 4.79 Å². The molecule has 1 aromatic carbocycles. The molecule has 0 bridgehead atoms. The molecule has 0 saturated carbocycles. The molecule has 2 N–H and O–H groups in total. The number of methoxy groups -OCH3 is 2. The summed E-state index contributed by atoms with van der Waals surface area (Å²) in [4.78, 5) is 12.7. The van der Waals surface area contributed by atoms with Crippen LogP contribution in [0.4, 0.5) is 0 Å². The van der Waals surface area contributed by atoms with Gasteiger partial charge in [0, 0.05) is 23.6 Å². The van der Waals surface area contributed by atoms with Crippen molar-refractivity contribution in [3.8, 4) is 11.5 Å². The van der Waals surface area contributed by atoms with Gasteiger partial charge in [0.2, 0.25) is 5.91 Å². The zero-order valence-electron chi connectivity index (χ0n) is 13.3. The maximum Gasteiger partial charge on any atom is 0.220 e. The first-order valence-corrected chi connectivity index (χ1v) is 7.96. The van der Waals surface area contributed by atoms with E-state index in [0.717, 1.165) is 30.2 Å². The highest BCUT2D eigenvalue weighted by Crippen LogP contribution is 2.31. The first-order chi connectivity index (χ1) is 10.2. The quantitative estimate of drug-likeness (QED) is 0.502. The lowest BCUT2D eigenvalue weighted by molar-refractivity contribution is -0.120. The maximum atomic E-state index is 11.6. The van der Waals surface area contributed by atoms with E-state index < -0.39 is 0 Å². The summed E-state index contributed by atoms with van der Waals surface area (Å²) in [7, 11) is 5.13. The van der Waals surface area contributed by atoms with Gasteiger partial charge in [-0.2, -0.15) is 0 Å². The Morgan fingerprint density at radius 3 is 2.55 bits per heavy atom. The number of rotatable bonds is 10. The third-order valence-electron chi connectivity index (χ3n) is 2.88. The lowest BCUT2D eigenvalue weighted by Crippen LogP contribution is -2.26. The topological polar surface area (TPSA) is 59.6 Å². The molecule has 0 heterocycles. The standard InChI is InChI=1S/C15H24N2O3S.ClH/c1-16-8-4-9-17-15(18)7-10-21-12-5-6-13(19-2)14(11-12)20-3;/h5-6,11,16H,4,7-10H2,1-3H3,(H,17,18);1H. The molecule has 1 amide bonds. The number of ether oxygens (including phenoxy) is 2. The van der Waals surface area contributed by atoms with E-state index in [1.807, 2.05) is 25.2 Å². The van der Waals surface area contributed by atoms with Crippen LogP contribution in [-0.2, 0) is 4.79 Å². The highest BCUT2D eigenvalue weighted by atomic mass is 35.5. The summed E-state index contributed by atoms with van der Waals surface area (Å²) in [6, 6.07) is 5.77. The molecule has 22 heavy (non-hydrogen) atoms. The predicted octanol–water partition coefficient (Wildman–Crippen LogP) is 2.33. The zero-order valence-corrected chi connectivity index (χ0v) is 14.9. The van der Waals surface area contributed by atoms with Crippen molar-refractivity contribution in [2.24, 2.45) is 0 Å². The largest absolute Gasteiger partial charge is 0.493 e. The van der Waals surface area contributed by atoms with Crippen LogP contribution >= 0.6 is 24.2 Å². The third kappa shape index (κ3) is 7.77. The number of carbonyl (C=O) groups is 1. The van der Waals surface area contributed by atoms with Gasteiger partial charge in [-0.25, -0.2) is 0 Å². The van der Waals surface area contributed by atoms with E-state index in [2.05, 4.69) is 10.6 Å². The summed E-state index contributed by atoms with van der Waals surface area (Å²) in [5.74, 6) is 2.26. The van der Waals surface area contributed by atoms with Crippen LogP contribution < -0.4 is 20.1 Å². The molecule has 0 aromatic heterocycles. The van der Waals surface area contributed by atoms with E-state index >= 15 is 0 Å². The van der Waals surface area contributed by atoms with E-state index in [1.165, 1.54) is 0 Å². The van der Waals surface area contributed by atoms with Gasteiger partial charge in [-0.15, -0.1) is 24.2 Å². The van der Waals surface area contributed by atoms with Crippen LogP contribution in [0.15, 0.2) is 23.1 Å². The van der Waals surface area contributed by atoms with E-state index in [1.54, 1.807) is 26.0 Å². The summed E-state index contributed by atoms with van der Waals surface area (Å²) >= 11 is 1.63. The number of nitrogens with one attached hydrogen (secondary N) is 2. The first kappa shape index (κ1) is 20.9. The van der Waals surface area contributed by atoms with Crippen molar-refractivity contribution < 1.29 is 14.3 Å². The number of amides is 1. The molecule has 5 nitrogen and oxygen atoms in total. The number of hydrogen-bond acceptors (Lipinski definition) is 5. The van der Waals surface area contributed by atoms with Crippen LogP contribution in [0.5, 0.6) is 11.5 Å². The molecule has 7 heteroatoms. The Labute approximate surface area is 142 Å². The minimum absolute atomic E-state index is 0. The van der Waals surface area contributed by atoms with Crippen molar-refractivity contribution in [1.29, 1.82) is 0 Å². The molecule has 0 unspecified atom stereocenters. The predicted molar refractivity (Wildman–Crippen MR) is 93.7 cm³/mol. The second-order valence-electron chi connectivity index (χ2n) is 4.42. The number of benzene rings is 1. The smallest absolute Gasteiger partial charge is 0.220 e. The fraction of sp³-hybridized carbons (Fsp3) is 0.533. The molecule has 0 fully saturated rings. The molecule has 0 saturated heterocycles. The van der Waals surface area contributed by atoms with Crippen LogP contribution in [0.25, 0.3) is 0 Å². The molecule has 1 aromatic rings. The van der Waals surface area contributed by atoms with Crippen molar-refractivity contribution in [3.05, 3.63) is 18.2 Å². The third-order valence-corrected chi connectivity index (χ3v) is 3.87. The van der Waals surface area contributed by atoms with Crippen LogP contribution in [-0.4, -0.2) is 46.0 Å². The van der Waals surface area contributed by atoms with Gasteiger partial charge in [0.05, 0.1) is 14.2 Å². The monoisotopic (exact) mass is 348 g/mol. The molecular formula is C15H25ClN2O3S. The van der Waals surface area contributed by atoms with Crippen molar-refractivity contribution in [1.82, 2.24) is 10.6 Å². The number of thioether (sulfide) groups is 1. The molecule has 1 rings (SSSR count). The molecule has 0 aliphatic heterocycles. The lowest BCUT2D eigenvalue weighted by atomic mass is 10.3. The van der Waals surface area contributed by atoms with Gasteiger partial charge in [0.25, 0.3) is 0 Å². The average molecular weight is 349 g/mol. The number of halogens is 1. The maximum absolute atomic E-state index is 11.6. The van der Waals surface area contributed by atoms with Crippen LogP contribution in [0.1, 0.15) is 12.8 Å². The van der Waals surface area contributed by atoms with Gasteiger partial charge in [-0.1, -0.05) is 0 Å². The Bertz CT molecular complexity index is 447. The van der Waals surface area contributed by atoms with E-state index in [4.69, 9.17) is 9.47 Å². The summed E-state index contributed by atoms with van der Waals surface area (Å²) in [6.07, 6.45) is 1.46. The molecule has 0 aliphatic rings. The van der Waals surface area contributed by atoms with Gasteiger partial charge >= 0.3 is 0 Å². The van der Waals surface area contributed by atoms with Crippen molar-refractivity contribution >= 4 is 30.1 Å². The lowest BCUT2D eigenvalue weighted by Gasteiger charge is -2.09. The van der Waals surface area contributed by atoms with E-state index in [0.29, 0.717) is 17.9 Å². The summed E-state index contributed by atoms with van der Waals surface area (Å²) in [5, 5.41) is 5.96. The summed E-state index contributed by atoms with van der Waals surface area (Å²) in [5.41, 5.74) is 0. The molecule has 0 aliphatic carbocycles. The highest BCUT2D eigenvalue weighted by molar-refractivity contribution is 7.99. The molecule has 0 radical (unpaired) electrons. The Hall–Kier alpha value is -1.11. The second-order valence-corrected chi connectivity index (χ2v) is 5.59. The zero-order chi connectivity index (χ0) is 15.5. The van der Waals surface area contributed by atoms with Crippen LogP contribution in [0, 0.1) is 0 Å². The molecule has 0 spiro atoms. The average Bonchev–Trinajstić information content (AvgIpc) is 2.51. The fourth-order valence-electron chi connectivity index (χ4n) is 1.75. The normalized spacial score (nSPS) is 9.77. The Morgan fingerprint density at radius 2 is 1.91 bits per heavy atom. The van der Waals surface area contributed by atoms with Crippen molar-refractivity contribution in [3.63, 3.8) is 0 Å². The van der Waals surface area contributed by atoms with Crippen LogP contribution in [0.2, 0.25) is 0 Å². The van der Waals surface area contributed by atoms with Gasteiger partial charge in [0.15, 0.2) is 11.5 Å². The van der Waals surface area contributed by atoms with E-state index in [-0.39, 0.29) is 18.3 Å². The van der Waals surface area contributed by atoms with Crippen LogP contribution in [0.3, 0.4) is 0 Å². The van der Waals surface area contributed by atoms with Crippen molar-refractivity contribution in [2.45, 2.75) is 17.7 Å². The summed E-state index contributed by atoms with van der Waals surface area (Å²) < 4.78 is 10.5. The number of carbonyl (C=O) groups excluding carboxylic acids is 1. The van der Waals surface area contributed by atoms with Gasteiger partial charge in [-0.3, -0.25) is 4.79 Å². The molecule has 0 atom stereocenters.